The van der Waals surface area contributed by atoms with Crippen LogP contribution in [-0.4, -0.2) is 14.1 Å². The first kappa shape index (κ1) is 11.7. The van der Waals surface area contributed by atoms with Gasteiger partial charge >= 0.3 is 11.4 Å². The van der Waals surface area contributed by atoms with Gasteiger partial charge in [-0.25, -0.2) is 14.2 Å². The largest absolute Gasteiger partial charge is 0.353 e. The van der Waals surface area contributed by atoms with Crippen LogP contribution in [0.25, 0.3) is 0 Å². The molecular weight excluding hydrogens is 194 g/mol. The molecule has 0 aromatic carbocycles. The van der Waals surface area contributed by atoms with Crippen LogP contribution >= 0.6 is 0 Å². The van der Waals surface area contributed by atoms with Gasteiger partial charge in [0.05, 0.1) is 0 Å². The van der Waals surface area contributed by atoms with Gasteiger partial charge in [0.25, 0.3) is 0 Å². The fourth-order valence-corrected chi connectivity index (χ4v) is 1.32. The van der Waals surface area contributed by atoms with Crippen LogP contribution in [0.3, 0.4) is 0 Å². The average molecular weight is 211 g/mol. The number of hydrogen-bond acceptors (Lipinski definition) is 3. The molecule has 0 unspecified atom stereocenters. The molecule has 1 rings (SSSR count). The van der Waals surface area contributed by atoms with Crippen molar-refractivity contribution in [2.45, 2.75) is 46.2 Å². The number of rotatable bonds is 1. The van der Waals surface area contributed by atoms with Crippen LogP contribution in [0.2, 0.25) is 0 Å². The monoisotopic (exact) mass is 211 g/mol. The summed E-state index contributed by atoms with van der Waals surface area (Å²) >= 11 is 0. The third kappa shape index (κ3) is 2.16. The molecule has 0 N–H and O–H groups in total. The molecule has 0 radical (unpaired) electrons. The molecule has 0 bridgehead atoms. The van der Waals surface area contributed by atoms with Crippen LogP contribution in [0.15, 0.2) is 15.9 Å². The maximum Gasteiger partial charge on any atom is 0.353 e. The molecule has 0 spiro atoms. The Labute approximate surface area is 88.4 Å². The minimum absolute atomic E-state index is 0.174. The molecule has 1 heterocycles. The molecule has 84 valence electrons. The lowest BCUT2D eigenvalue weighted by Gasteiger charge is -2.22. The van der Waals surface area contributed by atoms with Gasteiger partial charge < -0.3 is 0 Å². The van der Waals surface area contributed by atoms with Gasteiger partial charge in [0.2, 0.25) is 0 Å². The molecule has 1 aromatic heterocycles. The zero-order valence-electron chi connectivity index (χ0n) is 9.81. The van der Waals surface area contributed by atoms with E-state index in [-0.39, 0.29) is 17.3 Å². The smallest absolute Gasteiger partial charge is 0.279 e. The van der Waals surface area contributed by atoms with Crippen molar-refractivity contribution < 1.29 is 0 Å². The van der Waals surface area contributed by atoms with E-state index in [0.717, 1.165) is 4.57 Å². The van der Waals surface area contributed by atoms with E-state index in [0.29, 0.717) is 0 Å². The number of aromatic nitrogens is 3. The van der Waals surface area contributed by atoms with Crippen molar-refractivity contribution >= 4 is 0 Å². The highest BCUT2D eigenvalue weighted by atomic mass is 16.2. The van der Waals surface area contributed by atoms with Crippen molar-refractivity contribution in [1.82, 2.24) is 14.1 Å². The molecular formula is C10H17N3O2. The van der Waals surface area contributed by atoms with E-state index in [9.17, 15) is 9.59 Å². The lowest BCUT2D eigenvalue weighted by atomic mass is 10.1. The summed E-state index contributed by atoms with van der Waals surface area (Å²) < 4.78 is 2.62. The Hall–Kier alpha value is -1.39. The molecule has 0 saturated carbocycles. The van der Waals surface area contributed by atoms with Gasteiger partial charge in [0.15, 0.2) is 0 Å². The summed E-state index contributed by atoms with van der Waals surface area (Å²) in [4.78, 5) is 27.1. The number of nitrogens with zero attached hydrogens (tertiary/aromatic N) is 3. The van der Waals surface area contributed by atoms with E-state index in [1.165, 1.54) is 10.9 Å². The molecule has 5 heteroatoms. The van der Waals surface area contributed by atoms with Gasteiger partial charge in [0.1, 0.15) is 6.33 Å². The summed E-state index contributed by atoms with van der Waals surface area (Å²) in [6.07, 6.45) is 1.31. The molecule has 0 aliphatic heterocycles. The van der Waals surface area contributed by atoms with E-state index in [1.807, 2.05) is 20.8 Å². The maximum atomic E-state index is 12.0. The van der Waals surface area contributed by atoms with Gasteiger partial charge in [0, 0.05) is 11.6 Å². The summed E-state index contributed by atoms with van der Waals surface area (Å²) in [5.41, 5.74) is -1.16. The fourth-order valence-electron chi connectivity index (χ4n) is 1.32. The number of hydrogen-bond donors (Lipinski definition) is 0. The van der Waals surface area contributed by atoms with E-state index >= 15 is 0 Å². The van der Waals surface area contributed by atoms with Gasteiger partial charge in [-0.05, 0) is 34.6 Å². The molecule has 0 fully saturated rings. The zero-order chi connectivity index (χ0) is 11.8. The molecule has 0 amide bonds. The maximum absolute atomic E-state index is 12.0. The minimum atomic E-state index is -0.490. The Morgan fingerprint density at radius 3 is 2.20 bits per heavy atom. The fraction of sp³-hybridized carbons (Fsp3) is 0.700. The van der Waals surface area contributed by atoms with Gasteiger partial charge in [-0.3, -0.25) is 4.57 Å². The summed E-state index contributed by atoms with van der Waals surface area (Å²) in [5, 5.41) is 0. The molecule has 0 aliphatic rings. The Kier molecular flexibility index (Phi) is 2.83. The molecule has 0 saturated heterocycles. The van der Waals surface area contributed by atoms with Crippen molar-refractivity contribution in [2.75, 3.05) is 0 Å². The third-order valence-corrected chi connectivity index (χ3v) is 2.14. The molecule has 5 nitrogen and oxygen atoms in total. The van der Waals surface area contributed by atoms with Crippen molar-refractivity contribution in [3.63, 3.8) is 0 Å². The van der Waals surface area contributed by atoms with Crippen LogP contribution in [-0.2, 0) is 5.54 Å². The first-order chi connectivity index (χ1) is 6.75. The van der Waals surface area contributed by atoms with Crippen molar-refractivity contribution in [3.05, 3.63) is 27.3 Å². The van der Waals surface area contributed by atoms with Crippen molar-refractivity contribution in [1.29, 1.82) is 0 Å². The molecule has 1 aromatic rings. The Bertz CT molecular complexity index is 463. The molecule has 0 aliphatic carbocycles. The predicted molar refractivity (Wildman–Crippen MR) is 58.1 cm³/mol. The second kappa shape index (κ2) is 3.64. The lowest BCUT2D eigenvalue weighted by Crippen LogP contribution is -2.46. The second-order valence-electron chi connectivity index (χ2n) is 4.81. The summed E-state index contributed by atoms with van der Waals surface area (Å²) in [7, 11) is 0. The van der Waals surface area contributed by atoms with Crippen LogP contribution in [0.1, 0.15) is 40.7 Å². The summed E-state index contributed by atoms with van der Waals surface area (Å²) in [5.74, 6) is 0. The standard InChI is InChI=1S/C10H17N3O2/c1-7(2)13-8(14)11-6-12(9(13)15)10(3,4)5/h6-7H,1-5H3. The van der Waals surface area contributed by atoms with Crippen LogP contribution < -0.4 is 11.4 Å². The highest BCUT2D eigenvalue weighted by Crippen LogP contribution is 2.08. The average Bonchev–Trinajstić information content (AvgIpc) is 2.00. The predicted octanol–water partition coefficient (Wildman–Crippen LogP) is 0.741. The highest BCUT2D eigenvalue weighted by Gasteiger charge is 2.18. The van der Waals surface area contributed by atoms with Crippen molar-refractivity contribution in [3.8, 4) is 0 Å². The lowest BCUT2D eigenvalue weighted by molar-refractivity contribution is 0.345. The first-order valence-corrected chi connectivity index (χ1v) is 4.96. The van der Waals surface area contributed by atoms with Gasteiger partial charge in [-0.15, -0.1) is 0 Å². The Morgan fingerprint density at radius 2 is 1.80 bits per heavy atom. The normalized spacial score (nSPS) is 12.1. The van der Waals surface area contributed by atoms with E-state index in [4.69, 9.17) is 0 Å². The second-order valence-corrected chi connectivity index (χ2v) is 4.81. The third-order valence-electron chi connectivity index (χ3n) is 2.14. The van der Waals surface area contributed by atoms with Gasteiger partial charge in [-0.2, -0.15) is 4.98 Å². The van der Waals surface area contributed by atoms with Crippen molar-refractivity contribution in [2.24, 2.45) is 0 Å². The Balaban J connectivity index is 3.57. The summed E-state index contributed by atoms with van der Waals surface area (Å²) in [6, 6.07) is -0.174. The Morgan fingerprint density at radius 1 is 1.27 bits per heavy atom. The van der Waals surface area contributed by atoms with E-state index in [2.05, 4.69) is 4.98 Å². The topological polar surface area (TPSA) is 56.9 Å². The van der Waals surface area contributed by atoms with Gasteiger partial charge in [-0.1, -0.05) is 0 Å². The van der Waals surface area contributed by atoms with Crippen LogP contribution in [0.5, 0.6) is 0 Å². The zero-order valence-corrected chi connectivity index (χ0v) is 9.81. The van der Waals surface area contributed by atoms with E-state index < -0.39 is 5.69 Å². The SMILES string of the molecule is CC(C)n1c(=O)ncn(C(C)(C)C)c1=O. The molecule has 0 atom stereocenters. The quantitative estimate of drug-likeness (QED) is 0.688. The van der Waals surface area contributed by atoms with Crippen LogP contribution in [0, 0.1) is 0 Å². The van der Waals surface area contributed by atoms with Crippen LogP contribution in [0.4, 0.5) is 0 Å². The molecule has 15 heavy (non-hydrogen) atoms. The first-order valence-electron chi connectivity index (χ1n) is 4.96. The minimum Gasteiger partial charge on any atom is -0.279 e. The summed E-state index contributed by atoms with van der Waals surface area (Å²) in [6.45, 7) is 9.26. The van der Waals surface area contributed by atoms with E-state index in [1.54, 1.807) is 13.8 Å². The highest BCUT2D eigenvalue weighted by molar-refractivity contribution is 4.82.